The maximum Gasteiger partial charge on any atom is 0.160 e. The van der Waals surface area contributed by atoms with E-state index in [1.165, 1.54) is 0 Å². The molecule has 0 unspecified atom stereocenters. The Morgan fingerprint density at radius 3 is 2.36 bits per heavy atom. The molecule has 4 heterocycles. The molecule has 0 saturated carbocycles. The molecule has 25 heavy (non-hydrogen) atoms. The first-order chi connectivity index (χ1) is 12.0. The van der Waals surface area contributed by atoms with Gasteiger partial charge in [-0.3, -0.25) is 4.98 Å². The van der Waals surface area contributed by atoms with E-state index in [9.17, 15) is 0 Å². The van der Waals surface area contributed by atoms with Gasteiger partial charge in [-0.1, -0.05) is 20.8 Å². The number of rotatable bonds is 4. The highest BCUT2D eigenvalue weighted by Crippen LogP contribution is 2.30. The van der Waals surface area contributed by atoms with Crippen LogP contribution in [-0.4, -0.2) is 29.9 Å². The minimum atomic E-state index is 0.0422. The van der Waals surface area contributed by atoms with Crippen LogP contribution in [-0.2, 0) is 5.41 Å². The topological polar surface area (TPSA) is 83.1 Å². The van der Waals surface area contributed by atoms with Gasteiger partial charge in [0.2, 0.25) is 0 Å². The molecule has 0 atom stereocenters. The molecule has 0 radical (unpaired) electrons. The molecule has 0 aliphatic carbocycles. The molecule has 6 nitrogen and oxygen atoms in total. The predicted octanol–water partition coefficient (Wildman–Crippen LogP) is 4.28. The summed E-state index contributed by atoms with van der Waals surface area (Å²) >= 11 is 0. The maximum atomic E-state index is 4.79. The van der Waals surface area contributed by atoms with E-state index in [1.54, 1.807) is 0 Å². The van der Waals surface area contributed by atoms with Gasteiger partial charge in [0.1, 0.15) is 22.7 Å². The van der Waals surface area contributed by atoms with Crippen molar-refractivity contribution in [3.63, 3.8) is 0 Å². The Morgan fingerprint density at radius 2 is 1.68 bits per heavy atom. The zero-order chi connectivity index (χ0) is 17.6. The number of hydrogen-bond acceptors (Lipinski definition) is 4. The number of imidazole rings is 2. The Labute approximate surface area is 146 Å². The maximum absolute atomic E-state index is 4.79. The summed E-state index contributed by atoms with van der Waals surface area (Å²) in [5, 5.41) is 0. The molecule has 4 aromatic heterocycles. The fourth-order valence-electron chi connectivity index (χ4n) is 2.98. The van der Waals surface area contributed by atoms with E-state index < -0.39 is 0 Å². The zero-order valence-corrected chi connectivity index (χ0v) is 15.0. The lowest BCUT2D eigenvalue weighted by Crippen LogP contribution is -2.21. The number of hydrogen-bond donors (Lipinski definition) is 2. The Kier molecular flexibility index (Phi) is 3.56. The van der Waals surface area contributed by atoms with Crippen molar-refractivity contribution in [1.82, 2.24) is 29.9 Å². The smallest absolute Gasteiger partial charge is 0.160 e. The number of nitrogens with zero attached hydrogens (tertiary/aromatic N) is 4. The molecule has 0 amide bonds. The van der Waals surface area contributed by atoms with Crippen molar-refractivity contribution in [2.75, 3.05) is 0 Å². The molecule has 0 aliphatic heterocycles. The summed E-state index contributed by atoms with van der Waals surface area (Å²) in [6, 6.07) is 5.98. The van der Waals surface area contributed by atoms with E-state index in [-0.39, 0.29) is 5.41 Å². The normalized spacial score (nSPS) is 12.3. The number of fused-ring (bicyclic) bond motifs is 2. The fourth-order valence-corrected chi connectivity index (χ4v) is 2.98. The summed E-state index contributed by atoms with van der Waals surface area (Å²) in [6.07, 6.45) is 3.89. The van der Waals surface area contributed by atoms with E-state index in [0.717, 1.165) is 58.1 Å². The molecule has 0 saturated heterocycles. The first-order valence-electron chi connectivity index (χ1n) is 8.72. The number of aromatic nitrogens is 6. The van der Waals surface area contributed by atoms with Gasteiger partial charge in [0, 0.05) is 22.9 Å². The summed E-state index contributed by atoms with van der Waals surface area (Å²) in [5.41, 5.74) is 5.20. The molecule has 4 aromatic rings. The minimum Gasteiger partial charge on any atom is -0.326 e. The van der Waals surface area contributed by atoms with Gasteiger partial charge in [-0.05, 0) is 38.0 Å². The van der Waals surface area contributed by atoms with Crippen molar-refractivity contribution in [2.45, 2.75) is 46.0 Å². The Morgan fingerprint density at radius 1 is 0.960 bits per heavy atom. The van der Waals surface area contributed by atoms with Crippen LogP contribution in [0.1, 0.15) is 45.1 Å². The van der Waals surface area contributed by atoms with Crippen molar-refractivity contribution in [1.29, 1.82) is 0 Å². The molecule has 2 N–H and O–H groups in total. The molecule has 0 bridgehead atoms. The second-order valence-corrected chi connectivity index (χ2v) is 6.85. The van der Waals surface area contributed by atoms with E-state index in [4.69, 9.17) is 4.98 Å². The van der Waals surface area contributed by atoms with Crippen LogP contribution in [0.25, 0.3) is 33.7 Å². The Bertz CT molecular complexity index is 986. The first-order valence-corrected chi connectivity index (χ1v) is 8.72. The van der Waals surface area contributed by atoms with E-state index in [1.807, 2.05) is 31.3 Å². The highest BCUT2D eigenvalue weighted by Gasteiger charge is 2.26. The Balaban J connectivity index is 1.81. The first kappa shape index (κ1) is 15.7. The summed E-state index contributed by atoms with van der Waals surface area (Å²) in [5.74, 6) is 1.77. The van der Waals surface area contributed by atoms with Gasteiger partial charge in [0.15, 0.2) is 11.3 Å². The third-order valence-electron chi connectivity index (χ3n) is 5.24. The van der Waals surface area contributed by atoms with E-state index in [2.05, 4.69) is 45.7 Å². The average Bonchev–Trinajstić information content (AvgIpc) is 3.22. The molecule has 6 heteroatoms. The van der Waals surface area contributed by atoms with Crippen molar-refractivity contribution < 1.29 is 0 Å². The molecular formula is C19H22N6. The van der Waals surface area contributed by atoms with Crippen LogP contribution < -0.4 is 0 Å². The molecule has 0 aromatic carbocycles. The summed E-state index contributed by atoms with van der Waals surface area (Å²) in [4.78, 5) is 25.2. The third-order valence-corrected chi connectivity index (χ3v) is 5.24. The monoisotopic (exact) mass is 334 g/mol. The van der Waals surface area contributed by atoms with Gasteiger partial charge >= 0.3 is 0 Å². The zero-order valence-electron chi connectivity index (χ0n) is 15.0. The third kappa shape index (κ3) is 2.58. The SMILES string of the molecule is CCC(C)(CC)c1nc2cc3nc(-c4ccc(C)nc4)[nH]c3nc2[nH]1. The van der Waals surface area contributed by atoms with Gasteiger partial charge in [-0.2, -0.15) is 0 Å². The molecule has 0 spiro atoms. The van der Waals surface area contributed by atoms with Gasteiger partial charge < -0.3 is 9.97 Å². The Hall–Kier alpha value is -2.76. The molecule has 0 fully saturated rings. The number of nitrogens with one attached hydrogen (secondary N) is 2. The van der Waals surface area contributed by atoms with Crippen LogP contribution in [0, 0.1) is 6.92 Å². The predicted molar refractivity (Wildman–Crippen MR) is 99.4 cm³/mol. The van der Waals surface area contributed by atoms with Crippen LogP contribution in [0.2, 0.25) is 0 Å². The highest BCUT2D eigenvalue weighted by molar-refractivity contribution is 5.87. The largest absolute Gasteiger partial charge is 0.326 e. The molecule has 4 rings (SSSR count). The van der Waals surface area contributed by atoms with E-state index >= 15 is 0 Å². The average molecular weight is 334 g/mol. The summed E-state index contributed by atoms with van der Waals surface area (Å²) in [6.45, 7) is 8.59. The summed E-state index contributed by atoms with van der Waals surface area (Å²) in [7, 11) is 0. The second-order valence-electron chi connectivity index (χ2n) is 6.85. The molecular weight excluding hydrogens is 312 g/mol. The fraction of sp³-hybridized carbons (Fsp3) is 0.368. The van der Waals surface area contributed by atoms with Crippen molar-refractivity contribution in [3.05, 3.63) is 35.9 Å². The number of aromatic amines is 2. The minimum absolute atomic E-state index is 0.0422. The number of aryl methyl sites for hydroxylation is 1. The van der Waals surface area contributed by atoms with Crippen LogP contribution in [0.15, 0.2) is 24.4 Å². The van der Waals surface area contributed by atoms with Gasteiger partial charge in [-0.25, -0.2) is 15.0 Å². The summed E-state index contributed by atoms with van der Waals surface area (Å²) < 4.78 is 0. The van der Waals surface area contributed by atoms with E-state index in [0.29, 0.717) is 0 Å². The van der Waals surface area contributed by atoms with Crippen LogP contribution >= 0.6 is 0 Å². The van der Waals surface area contributed by atoms with Crippen LogP contribution in [0.5, 0.6) is 0 Å². The highest BCUT2D eigenvalue weighted by atomic mass is 15.1. The van der Waals surface area contributed by atoms with Crippen molar-refractivity contribution >= 4 is 22.3 Å². The van der Waals surface area contributed by atoms with Gasteiger partial charge in [0.05, 0.1) is 0 Å². The second kappa shape index (κ2) is 5.65. The number of H-pyrrole nitrogens is 2. The van der Waals surface area contributed by atoms with Crippen molar-refractivity contribution in [2.24, 2.45) is 0 Å². The lowest BCUT2D eigenvalue weighted by molar-refractivity contribution is 0.416. The number of pyridine rings is 2. The van der Waals surface area contributed by atoms with Crippen molar-refractivity contribution in [3.8, 4) is 11.4 Å². The van der Waals surface area contributed by atoms with Crippen LogP contribution in [0.3, 0.4) is 0 Å². The lowest BCUT2D eigenvalue weighted by atomic mass is 9.84. The van der Waals surface area contributed by atoms with Crippen LogP contribution in [0.4, 0.5) is 0 Å². The molecule has 128 valence electrons. The van der Waals surface area contributed by atoms with Gasteiger partial charge in [0.25, 0.3) is 0 Å². The van der Waals surface area contributed by atoms with Gasteiger partial charge in [-0.15, -0.1) is 0 Å². The quantitative estimate of drug-likeness (QED) is 0.583. The molecule has 0 aliphatic rings. The lowest BCUT2D eigenvalue weighted by Gasteiger charge is -2.23. The standard InChI is InChI=1S/C19H22N6/c1-5-19(4,6-2)18-22-14-9-13-16(24-17(14)25-18)23-15(21-13)12-8-7-11(3)20-10-12/h7-10H,5-6H2,1-4H3,(H2,21,22,23,24,25).